The van der Waals surface area contributed by atoms with Crippen LogP contribution in [0.5, 0.6) is 0 Å². The quantitative estimate of drug-likeness (QED) is 0.719. The molecule has 0 aliphatic carbocycles. The van der Waals surface area contributed by atoms with Crippen LogP contribution in [0.4, 0.5) is 5.69 Å². The number of anilines is 1. The van der Waals surface area contributed by atoms with Crippen LogP contribution in [0.1, 0.15) is 12.8 Å². The molecule has 1 aliphatic heterocycles. The van der Waals surface area contributed by atoms with Crippen molar-refractivity contribution in [2.75, 3.05) is 31.1 Å². The molecule has 0 radical (unpaired) electrons. The van der Waals surface area contributed by atoms with Crippen LogP contribution in [-0.4, -0.2) is 52.8 Å². The van der Waals surface area contributed by atoms with Crippen molar-refractivity contribution >= 4 is 22.5 Å². The number of fused-ring (bicyclic) bond motifs is 1. The summed E-state index contributed by atoms with van der Waals surface area (Å²) in [7, 11) is 0. The molecule has 0 spiro atoms. The third-order valence-corrected chi connectivity index (χ3v) is 4.18. The predicted molar refractivity (Wildman–Crippen MR) is 88.0 cm³/mol. The first-order valence-corrected chi connectivity index (χ1v) is 7.74. The van der Waals surface area contributed by atoms with Gasteiger partial charge in [0.25, 0.3) is 0 Å². The maximum Gasteiger partial charge on any atom is 0.221 e. The first-order valence-electron chi connectivity index (χ1n) is 7.74. The highest BCUT2D eigenvalue weighted by molar-refractivity contribution is 5.90. The highest BCUT2D eigenvalue weighted by Crippen LogP contribution is 2.30. The van der Waals surface area contributed by atoms with Gasteiger partial charge in [-0.15, -0.1) is 0 Å². The summed E-state index contributed by atoms with van der Waals surface area (Å²) in [6.07, 6.45) is 6.14. The van der Waals surface area contributed by atoms with E-state index in [2.05, 4.69) is 20.2 Å². The van der Waals surface area contributed by atoms with Crippen molar-refractivity contribution in [3.05, 3.63) is 30.7 Å². The van der Waals surface area contributed by atoms with Crippen LogP contribution in [0.2, 0.25) is 0 Å². The van der Waals surface area contributed by atoms with Gasteiger partial charge in [0, 0.05) is 62.3 Å². The Kier molecular flexibility index (Phi) is 4.40. The van der Waals surface area contributed by atoms with Gasteiger partial charge in [-0.1, -0.05) is 0 Å². The van der Waals surface area contributed by atoms with Crippen LogP contribution in [0.3, 0.4) is 0 Å². The molecule has 0 aromatic carbocycles. The van der Waals surface area contributed by atoms with E-state index in [0.29, 0.717) is 19.5 Å². The fourth-order valence-electron chi connectivity index (χ4n) is 2.94. The van der Waals surface area contributed by atoms with E-state index < -0.39 is 5.60 Å². The molecule has 2 aromatic heterocycles. The zero-order valence-corrected chi connectivity index (χ0v) is 12.9. The molecular formula is C16H21N5O2. The zero-order valence-electron chi connectivity index (χ0n) is 12.9. The molecule has 1 atom stereocenters. The molecular weight excluding hydrogens is 294 g/mol. The summed E-state index contributed by atoms with van der Waals surface area (Å²) in [5.74, 6) is -0.127. The Bertz CT molecular complexity index is 702. The molecule has 122 valence electrons. The van der Waals surface area contributed by atoms with Crippen LogP contribution < -0.4 is 16.0 Å². The number of nitrogens with zero attached hydrogens (tertiary/aromatic N) is 3. The van der Waals surface area contributed by atoms with Crippen LogP contribution in [-0.2, 0) is 4.79 Å². The van der Waals surface area contributed by atoms with E-state index in [-0.39, 0.29) is 18.9 Å². The van der Waals surface area contributed by atoms with Gasteiger partial charge in [-0.05, 0) is 18.6 Å². The Morgan fingerprint density at radius 3 is 3.13 bits per heavy atom. The summed E-state index contributed by atoms with van der Waals surface area (Å²) in [4.78, 5) is 22.1. The molecule has 1 unspecified atom stereocenters. The molecule has 0 bridgehead atoms. The van der Waals surface area contributed by atoms with E-state index in [0.717, 1.165) is 23.1 Å². The Hall–Kier alpha value is -2.25. The van der Waals surface area contributed by atoms with Crippen LogP contribution in [0.25, 0.3) is 10.9 Å². The SMILES string of the molecule is NCCC(=O)NCC1(O)CCN(c2ccnc3ccncc23)C1. The number of nitrogens with one attached hydrogen (secondary N) is 1. The lowest BCUT2D eigenvalue weighted by atomic mass is 10.0. The molecule has 7 heteroatoms. The van der Waals surface area contributed by atoms with Crippen molar-refractivity contribution in [2.24, 2.45) is 5.73 Å². The van der Waals surface area contributed by atoms with Gasteiger partial charge in [-0.3, -0.25) is 14.8 Å². The molecule has 3 heterocycles. The minimum atomic E-state index is -0.929. The number of pyridine rings is 2. The predicted octanol–water partition coefficient (Wildman–Crippen LogP) is 0.0360. The fraction of sp³-hybridized carbons (Fsp3) is 0.438. The second-order valence-corrected chi connectivity index (χ2v) is 5.93. The summed E-state index contributed by atoms with van der Waals surface area (Å²) in [6, 6.07) is 3.80. The van der Waals surface area contributed by atoms with E-state index in [1.165, 1.54) is 0 Å². The molecule has 2 aromatic rings. The van der Waals surface area contributed by atoms with E-state index in [1.54, 1.807) is 18.6 Å². The van der Waals surface area contributed by atoms with E-state index >= 15 is 0 Å². The summed E-state index contributed by atoms with van der Waals surface area (Å²) in [5, 5.41) is 14.4. The van der Waals surface area contributed by atoms with Crippen molar-refractivity contribution in [1.29, 1.82) is 0 Å². The van der Waals surface area contributed by atoms with Crippen molar-refractivity contribution in [1.82, 2.24) is 15.3 Å². The number of aliphatic hydroxyl groups is 1. The number of hydrogen-bond donors (Lipinski definition) is 3. The molecule has 1 amide bonds. The van der Waals surface area contributed by atoms with Gasteiger partial charge in [-0.25, -0.2) is 0 Å². The van der Waals surface area contributed by atoms with Gasteiger partial charge in [-0.2, -0.15) is 0 Å². The lowest BCUT2D eigenvalue weighted by molar-refractivity contribution is -0.122. The molecule has 1 aliphatic rings. The van der Waals surface area contributed by atoms with E-state index in [9.17, 15) is 9.90 Å². The Balaban J connectivity index is 1.72. The van der Waals surface area contributed by atoms with Crippen LogP contribution >= 0.6 is 0 Å². The average molecular weight is 315 g/mol. The molecule has 4 N–H and O–H groups in total. The van der Waals surface area contributed by atoms with Gasteiger partial charge in [0.05, 0.1) is 5.52 Å². The third kappa shape index (κ3) is 3.40. The van der Waals surface area contributed by atoms with Crippen molar-refractivity contribution in [3.8, 4) is 0 Å². The maximum absolute atomic E-state index is 11.5. The molecule has 1 saturated heterocycles. The van der Waals surface area contributed by atoms with Crippen LogP contribution in [0, 0.1) is 0 Å². The Morgan fingerprint density at radius 2 is 2.30 bits per heavy atom. The number of amides is 1. The zero-order chi connectivity index (χ0) is 16.3. The van der Waals surface area contributed by atoms with Crippen molar-refractivity contribution < 1.29 is 9.90 Å². The first kappa shape index (κ1) is 15.6. The molecule has 7 nitrogen and oxygen atoms in total. The van der Waals surface area contributed by atoms with Crippen molar-refractivity contribution in [3.63, 3.8) is 0 Å². The first-order chi connectivity index (χ1) is 11.1. The second kappa shape index (κ2) is 6.47. The van der Waals surface area contributed by atoms with Gasteiger partial charge >= 0.3 is 0 Å². The van der Waals surface area contributed by atoms with E-state index in [1.807, 2.05) is 12.1 Å². The number of carbonyl (C=O) groups excluding carboxylic acids is 1. The minimum Gasteiger partial charge on any atom is -0.386 e. The Morgan fingerprint density at radius 1 is 1.43 bits per heavy atom. The summed E-state index contributed by atoms with van der Waals surface area (Å²) < 4.78 is 0. The van der Waals surface area contributed by atoms with Gasteiger partial charge < -0.3 is 21.1 Å². The minimum absolute atomic E-state index is 0.127. The van der Waals surface area contributed by atoms with E-state index in [4.69, 9.17) is 5.73 Å². The molecule has 23 heavy (non-hydrogen) atoms. The second-order valence-electron chi connectivity index (χ2n) is 5.93. The average Bonchev–Trinajstić information content (AvgIpc) is 2.95. The highest BCUT2D eigenvalue weighted by Gasteiger charge is 2.36. The number of hydrogen-bond acceptors (Lipinski definition) is 6. The fourth-order valence-corrected chi connectivity index (χ4v) is 2.94. The largest absolute Gasteiger partial charge is 0.386 e. The molecule has 1 fully saturated rings. The topological polar surface area (TPSA) is 104 Å². The molecule has 3 rings (SSSR count). The monoisotopic (exact) mass is 315 g/mol. The third-order valence-electron chi connectivity index (χ3n) is 4.18. The van der Waals surface area contributed by atoms with Gasteiger partial charge in [0.2, 0.25) is 5.91 Å². The summed E-state index contributed by atoms with van der Waals surface area (Å²) in [6.45, 7) is 1.73. The standard InChI is InChI=1S/C16H21N5O2/c17-5-1-15(22)20-10-16(23)4-8-21(11-16)14-3-7-19-13-2-6-18-9-12(13)14/h2-3,6-7,9,23H,1,4-5,8,10-11,17H2,(H,20,22). The summed E-state index contributed by atoms with van der Waals surface area (Å²) in [5.41, 5.74) is 6.31. The lowest BCUT2D eigenvalue weighted by Crippen LogP contribution is -2.45. The number of aromatic nitrogens is 2. The molecule has 0 saturated carbocycles. The number of β-amino-alcohol motifs (C(OH)–C–C–N with tert-alkyl or cyclic N) is 1. The van der Waals surface area contributed by atoms with Gasteiger partial charge in [0.1, 0.15) is 5.60 Å². The van der Waals surface area contributed by atoms with Crippen molar-refractivity contribution in [2.45, 2.75) is 18.4 Å². The lowest BCUT2D eigenvalue weighted by Gasteiger charge is -2.25. The van der Waals surface area contributed by atoms with Crippen LogP contribution in [0.15, 0.2) is 30.7 Å². The maximum atomic E-state index is 11.5. The smallest absolute Gasteiger partial charge is 0.221 e. The number of rotatable bonds is 5. The van der Waals surface area contributed by atoms with Gasteiger partial charge in [0.15, 0.2) is 0 Å². The highest BCUT2D eigenvalue weighted by atomic mass is 16.3. The number of nitrogens with two attached hydrogens (primary N) is 1. The number of carbonyl (C=O) groups is 1. The Labute approximate surface area is 134 Å². The normalized spacial score (nSPS) is 20.9. The summed E-state index contributed by atoms with van der Waals surface area (Å²) >= 11 is 0.